The number of nitrogens with one attached hydrogen (secondary N) is 3. The number of carbonyl (C=O) groups excluding carboxylic acids is 3. The van der Waals surface area contributed by atoms with Gasteiger partial charge in [-0.25, -0.2) is 4.79 Å². The molecule has 10 nitrogen and oxygen atoms in total. The normalized spacial score (nSPS) is 15.5. The summed E-state index contributed by atoms with van der Waals surface area (Å²) < 4.78 is 0. The van der Waals surface area contributed by atoms with E-state index in [1.807, 2.05) is 6.26 Å². The second-order valence-electron chi connectivity index (χ2n) is 7.43. The van der Waals surface area contributed by atoms with Crippen LogP contribution in [-0.4, -0.2) is 76.2 Å². The molecular formula is C21H32N4O6S. The molecule has 7 N–H and O–H groups in total. The molecule has 0 aliphatic rings. The molecule has 0 heterocycles. The SMILES string of the molecule is CSCCC(NC(=O)C(N)C(C)O)C(=O)NC(C)C(=O)NC(Cc1ccccc1)C(=O)O. The number of carbonyl (C=O) groups is 4. The summed E-state index contributed by atoms with van der Waals surface area (Å²) >= 11 is 1.47. The minimum atomic E-state index is -1.20. The maximum Gasteiger partial charge on any atom is 0.326 e. The second kappa shape index (κ2) is 13.7. The molecule has 0 bridgehead atoms. The first-order valence-electron chi connectivity index (χ1n) is 10.2. The largest absolute Gasteiger partial charge is 0.480 e. The molecule has 0 spiro atoms. The first-order chi connectivity index (χ1) is 15.1. The maximum atomic E-state index is 12.7. The summed E-state index contributed by atoms with van der Waals surface area (Å²) in [5.74, 6) is -2.61. The fourth-order valence-electron chi connectivity index (χ4n) is 2.72. The lowest BCUT2D eigenvalue weighted by atomic mass is 10.1. The van der Waals surface area contributed by atoms with E-state index in [0.29, 0.717) is 5.75 Å². The van der Waals surface area contributed by atoms with E-state index in [1.54, 1.807) is 30.3 Å². The van der Waals surface area contributed by atoms with Crippen molar-refractivity contribution in [2.45, 2.75) is 57.0 Å². The third-order valence-corrected chi connectivity index (χ3v) is 5.36. The van der Waals surface area contributed by atoms with E-state index in [4.69, 9.17) is 5.73 Å². The summed E-state index contributed by atoms with van der Waals surface area (Å²) in [6, 6.07) is 4.48. The highest BCUT2D eigenvalue weighted by Gasteiger charge is 2.29. The number of thioether (sulfide) groups is 1. The molecule has 0 saturated carbocycles. The Morgan fingerprint density at radius 3 is 2.09 bits per heavy atom. The van der Waals surface area contributed by atoms with E-state index >= 15 is 0 Å². The lowest BCUT2D eigenvalue weighted by molar-refractivity contribution is -0.142. The highest BCUT2D eigenvalue weighted by atomic mass is 32.2. The number of aliphatic hydroxyl groups is 1. The average molecular weight is 469 g/mol. The van der Waals surface area contributed by atoms with Crippen LogP contribution in [0.15, 0.2) is 30.3 Å². The second-order valence-corrected chi connectivity index (χ2v) is 8.41. The van der Waals surface area contributed by atoms with E-state index in [2.05, 4.69) is 16.0 Å². The van der Waals surface area contributed by atoms with Gasteiger partial charge in [-0.15, -0.1) is 0 Å². The van der Waals surface area contributed by atoms with Gasteiger partial charge in [-0.05, 0) is 37.8 Å². The van der Waals surface area contributed by atoms with Crippen molar-refractivity contribution in [3.8, 4) is 0 Å². The molecule has 3 amide bonds. The predicted octanol–water partition coefficient (Wildman–Crippen LogP) is -0.751. The molecule has 0 aliphatic heterocycles. The van der Waals surface area contributed by atoms with Crippen LogP contribution in [0.5, 0.6) is 0 Å². The third-order valence-electron chi connectivity index (χ3n) is 4.72. The van der Waals surface area contributed by atoms with Crippen LogP contribution in [0.1, 0.15) is 25.8 Å². The molecule has 0 fully saturated rings. The summed E-state index contributed by atoms with van der Waals surface area (Å²) in [4.78, 5) is 48.9. The van der Waals surface area contributed by atoms with Crippen LogP contribution in [0, 0.1) is 0 Å². The number of amides is 3. The Bertz CT molecular complexity index is 777. The summed E-state index contributed by atoms with van der Waals surface area (Å²) in [5.41, 5.74) is 6.36. The standard InChI is InChI=1S/C21H32N4O6S/c1-12(18(27)25-16(21(30)31)11-14-7-5-4-6-8-14)23-19(28)15(9-10-32-3)24-20(29)17(22)13(2)26/h4-8,12-13,15-17,26H,9-11,22H2,1-3H3,(H,23,28)(H,24,29)(H,25,27)(H,30,31). The molecule has 0 aromatic heterocycles. The zero-order chi connectivity index (χ0) is 24.3. The van der Waals surface area contributed by atoms with Crippen LogP contribution >= 0.6 is 11.8 Å². The van der Waals surface area contributed by atoms with Gasteiger partial charge in [-0.3, -0.25) is 14.4 Å². The number of aliphatic carboxylic acids is 1. The van der Waals surface area contributed by atoms with Gasteiger partial charge >= 0.3 is 5.97 Å². The summed E-state index contributed by atoms with van der Waals surface area (Å²) in [6.07, 6.45) is 1.12. The van der Waals surface area contributed by atoms with Crippen LogP contribution in [-0.2, 0) is 25.6 Å². The lowest BCUT2D eigenvalue weighted by Crippen LogP contribution is -2.57. The number of carboxylic acids is 1. The fourth-order valence-corrected chi connectivity index (χ4v) is 3.19. The Kier molecular flexibility index (Phi) is 11.7. The molecule has 178 valence electrons. The van der Waals surface area contributed by atoms with Crippen molar-refractivity contribution in [2.24, 2.45) is 5.73 Å². The smallest absolute Gasteiger partial charge is 0.326 e. The first kappa shape index (κ1) is 27.4. The van der Waals surface area contributed by atoms with Gasteiger partial charge in [0.15, 0.2) is 0 Å². The Labute approximate surface area is 191 Å². The van der Waals surface area contributed by atoms with E-state index in [1.165, 1.54) is 25.6 Å². The predicted molar refractivity (Wildman–Crippen MR) is 122 cm³/mol. The van der Waals surface area contributed by atoms with E-state index in [-0.39, 0.29) is 12.8 Å². The van der Waals surface area contributed by atoms with Gasteiger partial charge in [0.2, 0.25) is 17.7 Å². The molecule has 0 aliphatic carbocycles. The molecular weight excluding hydrogens is 436 g/mol. The number of benzene rings is 1. The summed E-state index contributed by atoms with van der Waals surface area (Å²) in [6.45, 7) is 2.78. The van der Waals surface area contributed by atoms with Crippen molar-refractivity contribution >= 4 is 35.5 Å². The van der Waals surface area contributed by atoms with Crippen LogP contribution in [0.25, 0.3) is 0 Å². The highest BCUT2D eigenvalue weighted by Crippen LogP contribution is 2.05. The van der Waals surface area contributed by atoms with Gasteiger partial charge < -0.3 is 31.9 Å². The topological polar surface area (TPSA) is 171 Å². The number of rotatable bonds is 13. The molecule has 32 heavy (non-hydrogen) atoms. The minimum Gasteiger partial charge on any atom is -0.480 e. The monoisotopic (exact) mass is 468 g/mol. The summed E-state index contributed by atoms with van der Waals surface area (Å²) in [5, 5.41) is 26.3. The van der Waals surface area contributed by atoms with Crippen LogP contribution in [0.4, 0.5) is 0 Å². The molecule has 0 saturated heterocycles. The zero-order valence-corrected chi connectivity index (χ0v) is 19.2. The van der Waals surface area contributed by atoms with Crippen molar-refractivity contribution in [1.29, 1.82) is 0 Å². The number of hydrogen-bond donors (Lipinski definition) is 6. The molecule has 11 heteroatoms. The van der Waals surface area contributed by atoms with Gasteiger partial charge in [0.1, 0.15) is 24.2 Å². The zero-order valence-electron chi connectivity index (χ0n) is 18.4. The highest BCUT2D eigenvalue weighted by molar-refractivity contribution is 7.98. The number of hydrogen-bond acceptors (Lipinski definition) is 7. The van der Waals surface area contributed by atoms with Crippen molar-refractivity contribution in [1.82, 2.24) is 16.0 Å². The summed E-state index contributed by atoms with van der Waals surface area (Å²) in [7, 11) is 0. The van der Waals surface area contributed by atoms with Gasteiger partial charge in [0, 0.05) is 6.42 Å². The number of aliphatic hydroxyl groups excluding tert-OH is 1. The molecule has 1 rings (SSSR count). The van der Waals surface area contributed by atoms with Crippen molar-refractivity contribution in [3.05, 3.63) is 35.9 Å². The number of nitrogens with two attached hydrogens (primary N) is 1. The van der Waals surface area contributed by atoms with Gasteiger partial charge in [-0.1, -0.05) is 30.3 Å². The van der Waals surface area contributed by atoms with E-state index in [9.17, 15) is 29.4 Å². The van der Waals surface area contributed by atoms with E-state index in [0.717, 1.165) is 5.56 Å². The Balaban J connectivity index is 2.76. The Morgan fingerprint density at radius 1 is 0.969 bits per heavy atom. The number of carboxylic acid groups (broad SMARTS) is 1. The molecule has 5 atom stereocenters. The van der Waals surface area contributed by atoms with Crippen LogP contribution in [0.2, 0.25) is 0 Å². The molecule has 1 aromatic rings. The maximum absolute atomic E-state index is 12.7. The Morgan fingerprint density at radius 2 is 1.56 bits per heavy atom. The van der Waals surface area contributed by atoms with Crippen molar-refractivity contribution in [2.75, 3.05) is 12.0 Å². The van der Waals surface area contributed by atoms with Crippen LogP contribution in [0.3, 0.4) is 0 Å². The minimum absolute atomic E-state index is 0.0895. The van der Waals surface area contributed by atoms with E-state index < -0.39 is 54.0 Å². The molecule has 5 unspecified atom stereocenters. The average Bonchev–Trinajstić information content (AvgIpc) is 2.75. The van der Waals surface area contributed by atoms with Crippen LogP contribution < -0.4 is 21.7 Å². The molecule has 0 radical (unpaired) electrons. The van der Waals surface area contributed by atoms with Gasteiger partial charge in [0.05, 0.1) is 6.10 Å². The Hall–Kier alpha value is -2.63. The van der Waals surface area contributed by atoms with Crippen molar-refractivity contribution in [3.63, 3.8) is 0 Å². The fraction of sp³-hybridized carbons (Fsp3) is 0.524. The van der Waals surface area contributed by atoms with Crippen molar-refractivity contribution < 1.29 is 29.4 Å². The van der Waals surface area contributed by atoms with Gasteiger partial charge in [0.25, 0.3) is 0 Å². The lowest BCUT2D eigenvalue weighted by Gasteiger charge is -2.24. The molecule has 1 aromatic carbocycles. The third kappa shape index (κ3) is 9.25. The quantitative estimate of drug-likeness (QED) is 0.219. The first-order valence-corrected chi connectivity index (χ1v) is 11.6. The van der Waals surface area contributed by atoms with Gasteiger partial charge in [-0.2, -0.15) is 11.8 Å².